The predicted molar refractivity (Wildman–Crippen MR) is 133 cm³/mol. The van der Waals surface area contributed by atoms with Crippen LogP contribution in [0.4, 0.5) is 10.5 Å². The molecule has 0 unspecified atom stereocenters. The number of hydrogen-bond donors (Lipinski definition) is 3. The molecule has 2 aliphatic heterocycles. The van der Waals surface area contributed by atoms with Crippen molar-refractivity contribution in [3.05, 3.63) is 65.2 Å². The van der Waals surface area contributed by atoms with Crippen LogP contribution >= 0.6 is 11.6 Å². The second kappa shape index (κ2) is 11.9. The van der Waals surface area contributed by atoms with Gasteiger partial charge < -0.3 is 30.1 Å². The van der Waals surface area contributed by atoms with Crippen LogP contribution in [0.5, 0.6) is 0 Å². The maximum atomic E-state index is 13.2. The van der Waals surface area contributed by atoms with Crippen LogP contribution in [0.15, 0.2) is 54.6 Å². The number of β-amino-alcohol motifs (C(OH)–C–C–N with tert-alkyl or cyclic N) is 1. The lowest BCUT2D eigenvalue weighted by Gasteiger charge is -2.44. The summed E-state index contributed by atoms with van der Waals surface area (Å²) in [5.74, 6) is -0.0810. The van der Waals surface area contributed by atoms with Crippen molar-refractivity contribution in [2.45, 2.75) is 56.6 Å². The zero-order valence-electron chi connectivity index (χ0n) is 19.7. The molecule has 2 aromatic carbocycles. The number of amides is 3. The highest BCUT2D eigenvalue weighted by Crippen LogP contribution is 2.29. The zero-order chi connectivity index (χ0) is 24.8. The standard InChI is InChI=1S/C26H32ClN3O5/c1-17(18-6-3-2-4-7-18)28-25(32)13-22-10-11-23-24(35-22)16-34-15-21(31)14-30(23)26(33)29-20-9-5-8-19(27)12-20/h2-9,12,17,21-24,31H,10-11,13-16H2,1H3,(H,28,32)(H,29,33)/t17-,21-,22-,23-,24+/m1/s1. The molecule has 8 nitrogen and oxygen atoms in total. The fourth-order valence-corrected chi connectivity index (χ4v) is 4.86. The smallest absolute Gasteiger partial charge is 0.322 e. The van der Waals surface area contributed by atoms with Crippen molar-refractivity contribution in [3.8, 4) is 0 Å². The zero-order valence-corrected chi connectivity index (χ0v) is 20.5. The van der Waals surface area contributed by atoms with Gasteiger partial charge in [0.1, 0.15) is 6.10 Å². The summed E-state index contributed by atoms with van der Waals surface area (Å²) in [5, 5.41) is 16.7. The minimum Gasteiger partial charge on any atom is -0.389 e. The van der Waals surface area contributed by atoms with Crippen LogP contribution < -0.4 is 10.6 Å². The number of halogens is 1. The lowest BCUT2D eigenvalue weighted by Crippen LogP contribution is -2.58. The Bertz CT molecular complexity index is 1010. The number of urea groups is 1. The van der Waals surface area contributed by atoms with Crippen molar-refractivity contribution in [2.75, 3.05) is 25.1 Å². The summed E-state index contributed by atoms with van der Waals surface area (Å²) < 4.78 is 11.9. The molecule has 2 heterocycles. The Hall–Kier alpha value is -2.65. The molecule has 9 heteroatoms. The Labute approximate surface area is 210 Å². The molecule has 0 bridgehead atoms. The van der Waals surface area contributed by atoms with E-state index in [-0.39, 0.29) is 56.3 Å². The van der Waals surface area contributed by atoms with Crippen molar-refractivity contribution < 1.29 is 24.2 Å². The van der Waals surface area contributed by atoms with E-state index in [4.69, 9.17) is 21.1 Å². The molecule has 2 aliphatic rings. The van der Waals surface area contributed by atoms with Crippen LogP contribution in [0, 0.1) is 0 Å². The lowest BCUT2D eigenvalue weighted by atomic mass is 9.94. The van der Waals surface area contributed by atoms with E-state index in [9.17, 15) is 14.7 Å². The number of nitrogens with zero attached hydrogens (tertiary/aromatic N) is 1. The molecule has 0 radical (unpaired) electrons. The second-order valence-corrected chi connectivity index (χ2v) is 9.57. The van der Waals surface area contributed by atoms with Crippen LogP contribution in [0.25, 0.3) is 0 Å². The van der Waals surface area contributed by atoms with E-state index < -0.39 is 12.2 Å². The van der Waals surface area contributed by atoms with Crippen molar-refractivity contribution in [1.29, 1.82) is 0 Å². The molecule has 188 valence electrons. The molecule has 4 rings (SSSR count). The molecule has 3 amide bonds. The van der Waals surface area contributed by atoms with Gasteiger partial charge in [0.2, 0.25) is 5.91 Å². The van der Waals surface area contributed by atoms with Crippen LogP contribution in [0.3, 0.4) is 0 Å². The molecule has 35 heavy (non-hydrogen) atoms. The van der Waals surface area contributed by atoms with Crippen molar-refractivity contribution >= 4 is 29.2 Å². The first-order valence-corrected chi connectivity index (χ1v) is 12.4. The van der Waals surface area contributed by atoms with Gasteiger partial charge in [-0.1, -0.05) is 48.0 Å². The summed E-state index contributed by atoms with van der Waals surface area (Å²) in [6.45, 7) is 2.42. The lowest BCUT2D eigenvalue weighted by molar-refractivity contribution is -0.150. The largest absolute Gasteiger partial charge is 0.389 e. The summed E-state index contributed by atoms with van der Waals surface area (Å²) in [6.07, 6.45) is 0.0126. The predicted octanol–water partition coefficient (Wildman–Crippen LogP) is 3.75. The summed E-state index contributed by atoms with van der Waals surface area (Å²) in [4.78, 5) is 27.5. The molecule has 0 aromatic heterocycles. The number of carbonyl (C=O) groups excluding carboxylic acids is 2. The van der Waals surface area contributed by atoms with Crippen LogP contribution in [0.2, 0.25) is 5.02 Å². The first-order valence-electron chi connectivity index (χ1n) is 12.0. The highest BCUT2D eigenvalue weighted by Gasteiger charge is 2.40. The normalized spacial score (nSPS) is 25.5. The Morgan fingerprint density at radius 2 is 1.94 bits per heavy atom. The Morgan fingerprint density at radius 1 is 1.14 bits per heavy atom. The van der Waals surface area contributed by atoms with Gasteiger partial charge in [-0.25, -0.2) is 4.79 Å². The topological polar surface area (TPSA) is 100 Å². The fraction of sp³-hybridized carbons (Fsp3) is 0.462. The number of ether oxygens (including phenoxy) is 2. The highest BCUT2D eigenvalue weighted by molar-refractivity contribution is 6.30. The van der Waals surface area contributed by atoms with Gasteiger partial charge in [0.25, 0.3) is 0 Å². The Balaban J connectivity index is 1.38. The van der Waals surface area contributed by atoms with E-state index in [2.05, 4.69) is 10.6 Å². The molecule has 3 N–H and O–H groups in total. The van der Waals surface area contributed by atoms with E-state index in [0.29, 0.717) is 23.6 Å². The number of rotatable bonds is 5. The molecule has 0 aliphatic carbocycles. The van der Waals surface area contributed by atoms with Gasteiger partial charge in [-0.05, 0) is 43.5 Å². The third-order valence-corrected chi connectivity index (χ3v) is 6.64. The van der Waals surface area contributed by atoms with Crippen molar-refractivity contribution in [2.24, 2.45) is 0 Å². The monoisotopic (exact) mass is 501 g/mol. The summed E-state index contributed by atoms with van der Waals surface area (Å²) in [7, 11) is 0. The summed E-state index contributed by atoms with van der Waals surface area (Å²) >= 11 is 6.05. The van der Waals surface area contributed by atoms with Gasteiger partial charge in [0.15, 0.2) is 0 Å². The van der Waals surface area contributed by atoms with E-state index in [1.807, 2.05) is 37.3 Å². The minimum atomic E-state index is -0.802. The molecule has 0 spiro atoms. The maximum Gasteiger partial charge on any atom is 0.322 e. The van der Waals surface area contributed by atoms with Gasteiger partial charge in [-0.2, -0.15) is 0 Å². The molecule has 0 saturated carbocycles. The number of hydrogen-bond acceptors (Lipinski definition) is 5. The van der Waals surface area contributed by atoms with Crippen LogP contribution in [0.1, 0.15) is 37.8 Å². The SMILES string of the molecule is C[C@@H](NC(=O)C[C@H]1CC[C@@H]2[C@H](COC[C@H](O)CN2C(=O)Nc2cccc(Cl)c2)O1)c1ccccc1. The van der Waals surface area contributed by atoms with Gasteiger partial charge in [0.05, 0.1) is 50.5 Å². The van der Waals surface area contributed by atoms with E-state index in [0.717, 1.165) is 5.56 Å². The van der Waals surface area contributed by atoms with Crippen LogP contribution in [-0.4, -0.2) is 66.1 Å². The first-order chi connectivity index (χ1) is 16.9. The van der Waals surface area contributed by atoms with Gasteiger partial charge >= 0.3 is 6.03 Å². The molecule has 2 saturated heterocycles. The average Bonchev–Trinajstić information content (AvgIpc) is 2.82. The number of aliphatic hydroxyl groups excluding tert-OH is 1. The van der Waals surface area contributed by atoms with Crippen molar-refractivity contribution in [3.63, 3.8) is 0 Å². The molecule has 5 atom stereocenters. The number of nitrogens with one attached hydrogen (secondary N) is 2. The quantitative estimate of drug-likeness (QED) is 0.579. The molecule has 2 fully saturated rings. The molecular weight excluding hydrogens is 470 g/mol. The Morgan fingerprint density at radius 3 is 2.71 bits per heavy atom. The van der Waals surface area contributed by atoms with Crippen molar-refractivity contribution in [1.82, 2.24) is 10.2 Å². The number of aliphatic hydroxyl groups is 1. The van der Waals surface area contributed by atoms with Gasteiger partial charge in [-0.15, -0.1) is 0 Å². The third kappa shape index (κ3) is 6.95. The summed E-state index contributed by atoms with van der Waals surface area (Å²) in [5.41, 5.74) is 1.62. The highest BCUT2D eigenvalue weighted by atomic mass is 35.5. The van der Waals surface area contributed by atoms with Gasteiger partial charge in [-0.3, -0.25) is 4.79 Å². The third-order valence-electron chi connectivity index (χ3n) is 6.41. The maximum absolute atomic E-state index is 13.2. The second-order valence-electron chi connectivity index (χ2n) is 9.13. The number of anilines is 1. The summed E-state index contributed by atoms with van der Waals surface area (Å²) in [6, 6.07) is 16.0. The molecule has 2 aromatic rings. The fourth-order valence-electron chi connectivity index (χ4n) is 4.67. The Kier molecular flexibility index (Phi) is 8.62. The van der Waals surface area contributed by atoms with Crippen LogP contribution in [-0.2, 0) is 14.3 Å². The van der Waals surface area contributed by atoms with E-state index >= 15 is 0 Å². The average molecular weight is 502 g/mol. The van der Waals surface area contributed by atoms with E-state index in [1.165, 1.54) is 0 Å². The van der Waals surface area contributed by atoms with E-state index in [1.54, 1.807) is 29.2 Å². The number of carbonyl (C=O) groups is 2. The first kappa shape index (κ1) is 25.4. The van der Waals surface area contributed by atoms with Gasteiger partial charge in [0, 0.05) is 10.7 Å². The number of benzene rings is 2. The number of fused-ring (bicyclic) bond motifs is 1. The minimum absolute atomic E-state index is 0.0810. The molecular formula is C26H32ClN3O5.